The molecule has 0 aliphatic rings. The van der Waals surface area contributed by atoms with Gasteiger partial charge in [-0.3, -0.25) is 14.4 Å². The zero-order valence-corrected chi connectivity index (χ0v) is 16.1. The topological polar surface area (TPSA) is 240 Å². The number of aromatic amines is 1. The molecule has 1 aromatic rings. The van der Waals surface area contributed by atoms with E-state index in [1.807, 2.05) is 5.32 Å². The number of nitrogens with one attached hydrogen (secondary N) is 4. The molecule has 14 heteroatoms. The largest absolute Gasteiger partial charge is 0.480 e. The standard InChI is InChI=1S/C16H26N6O8/c1-7(25)12(15(28)21-11(5-24)16(29)30)22-14(27)10(2-8-3-18-6-19-8)20-13(26)9(17)4-23/h3,6-7,9-12,23-25H,2,4-5,17H2,1H3,(H,18,19)(H,20,26)(H,21,28)(H,22,27)(H,29,30). The lowest BCUT2D eigenvalue weighted by Gasteiger charge is -2.26. The van der Waals surface area contributed by atoms with Crippen LogP contribution in [0.4, 0.5) is 0 Å². The second-order valence-electron chi connectivity index (χ2n) is 6.44. The van der Waals surface area contributed by atoms with E-state index in [4.69, 9.17) is 21.1 Å². The number of carbonyl (C=O) groups excluding carboxylic acids is 3. The number of amides is 3. The van der Waals surface area contributed by atoms with Gasteiger partial charge in [-0.25, -0.2) is 9.78 Å². The van der Waals surface area contributed by atoms with Crippen LogP contribution in [0.15, 0.2) is 12.5 Å². The van der Waals surface area contributed by atoms with E-state index in [1.165, 1.54) is 19.4 Å². The normalized spacial score (nSPS) is 15.9. The highest BCUT2D eigenvalue weighted by molar-refractivity contribution is 5.94. The third kappa shape index (κ3) is 7.40. The fourth-order valence-corrected chi connectivity index (χ4v) is 2.29. The summed E-state index contributed by atoms with van der Waals surface area (Å²) in [6.07, 6.45) is 1.22. The summed E-state index contributed by atoms with van der Waals surface area (Å²) in [5.74, 6) is -4.29. The summed E-state index contributed by atoms with van der Waals surface area (Å²) < 4.78 is 0. The maximum absolute atomic E-state index is 12.7. The number of imidazole rings is 1. The van der Waals surface area contributed by atoms with Gasteiger partial charge >= 0.3 is 5.97 Å². The Bertz CT molecular complexity index is 725. The van der Waals surface area contributed by atoms with Gasteiger partial charge in [0.1, 0.15) is 24.2 Å². The average molecular weight is 430 g/mol. The number of carbonyl (C=O) groups is 4. The Hall–Kier alpha value is -3.07. The van der Waals surface area contributed by atoms with E-state index in [-0.39, 0.29) is 6.42 Å². The van der Waals surface area contributed by atoms with Gasteiger partial charge in [0.05, 0.1) is 25.6 Å². The highest BCUT2D eigenvalue weighted by atomic mass is 16.4. The number of rotatable bonds is 12. The maximum Gasteiger partial charge on any atom is 0.328 e. The third-order valence-electron chi connectivity index (χ3n) is 4.01. The number of aliphatic carboxylic acids is 1. The molecule has 0 aliphatic heterocycles. The van der Waals surface area contributed by atoms with Crippen LogP contribution < -0.4 is 21.7 Å². The van der Waals surface area contributed by atoms with Gasteiger partial charge in [-0.2, -0.15) is 0 Å². The van der Waals surface area contributed by atoms with E-state index >= 15 is 0 Å². The molecule has 14 nitrogen and oxygen atoms in total. The number of nitrogens with zero attached hydrogens (tertiary/aromatic N) is 1. The minimum absolute atomic E-state index is 0.0851. The molecule has 1 aromatic heterocycles. The molecule has 0 aliphatic carbocycles. The molecule has 0 saturated heterocycles. The van der Waals surface area contributed by atoms with Gasteiger partial charge in [-0.05, 0) is 6.92 Å². The van der Waals surface area contributed by atoms with Crippen molar-refractivity contribution in [3.63, 3.8) is 0 Å². The summed E-state index contributed by atoms with van der Waals surface area (Å²) in [5, 5.41) is 43.3. The Kier molecular flexibility index (Phi) is 9.83. The first-order valence-electron chi connectivity index (χ1n) is 8.87. The van der Waals surface area contributed by atoms with E-state index in [0.29, 0.717) is 5.69 Å². The van der Waals surface area contributed by atoms with E-state index in [1.54, 1.807) is 0 Å². The van der Waals surface area contributed by atoms with Crippen LogP contribution in [0.3, 0.4) is 0 Å². The Labute approximate surface area is 170 Å². The van der Waals surface area contributed by atoms with Crippen LogP contribution in [0, 0.1) is 0 Å². The van der Waals surface area contributed by atoms with E-state index < -0.39 is 67.2 Å². The Balaban J connectivity index is 2.97. The van der Waals surface area contributed by atoms with Crippen LogP contribution in [0.25, 0.3) is 0 Å². The molecule has 10 N–H and O–H groups in total. The van der Waals surface area contributed by atoms with Crippen LogP contribution >= 0.6 is 0 Å². The first-order valence-corrected chi connectivity index (χ1v) is 8.87. The molecule has 1 rings (SSSR count). The average Bonchev–Trinajstić information content (AvgIpc) is 3.21. The minimum Gasteiger partial charge on any atom is -0.480 e. The molecule has 168 valence electrons. The SMILES string of the molecule is CC(O)C(NC(=O)C(Cc1cnc[nH]1)NC(=O)C(N)CO)C(=O)NC(CO)C(=O)O. The lowest BCUT2D eigenvalue weighted by molar-refractivity contribution is -0.144. The summed E-state index contributed by atoms with van der Waals surface area (Å²) in [6, 6.07) is -5.78. The van der Waals surface area contributed by atoms with Crippen LogP contribution in [0.2, 0.25) is 0 Å². The van der Waals surface area contributed by atoms with Crippen molar-refractivity contribution < 1.29 is 39.6 Å². The molecule has 5 atom stereocenters. The summed E-state index contributed by atoms with van der Waals surface area (Å²) in [4.78, 5) is 54.5. The van der Waals surface area contributed by atoms with E-state index in [0.717, 1.165) is 0 Å². The fourth-order valence-electron chi connectivity index (χ4n) is 2.29. The quantitative estimate of drug-likeness (QED) is 0.153. The van der Waals surface area contributed by atoms with Crippen LogP contribution in [0.1, 0.15) is 12.6 Å². The van der Waals surface area contributed by atoms with Gasteiger partial charge in [0.15, 0.2) is 0 Å². The molecule has 30 heavy (non-hydrogen) atoms. The van der Waals surface area contributed by atoms with Crippen molar-refractivity contribution in [2.45, 2.75) is 43.6 Å². The number of hydrogen-bond acceptors (Lipinski definition) is 9. The number of aliphatic hydroxyl groups excluding tert-OH is 3. The first-order chi connectivity index (χ1) is 14.1. The number of carboxylic acids is 1. The number of nitrogens with two attached hydrogens (primary N) is 1. The second-order valence-corrected chi connectivity index (χ2v) is 6.44. The van der Waals surface area contributed by atoms with Gasteiger partial charge in [0.2, 0.25) is 17.7 Å². The summed E-state index contributed by atoms with van der Waals surface area (Å²) in [5.41, 5.74) is 5.89. The molecular weight excluding hydrogens is 404 g/mol. The Morgan fingerprint density at radius 1 is 1.07 bits per heavy atom. The molecule has 0 saturated carbocycles. The lowest BCUT2D eigenvalue weighted by atomic mass is 10.1. The Morgan fingerprint density at radius 3 is 2.17 bits per heavy atom. The predicted octanol–water partition coefficient (Wildman–Crippen LogP) is -4.82. The van der Waals surface area contributed by atoms with Gasteiger partial charge in [-0.15, -0.1) is 0 Å². The van der Waals surface area contributed by atoms with Crippen molar-refractivity contribution in [2.75, 3.05) is 13.2 Å². The molecule has 1 heterocycles. The lowest BCUT2D eigenvalue weighted by Crippen LogP contribution is -2.60. The van der Waals surface area contributed by atoms with Crippen molar-refractivity contribution in [3.8, 4) is 0 Å². The zero-order chi connectivity index (χ0) is 22.8. The van der Waals surface area contributed by atoms with Gasteiger partial charge in [-0.1, -0.05) is 0 Å². The van der Waals surface area contributed by atoms with Crippen molar-refractivity contribution in [1.29, 1.82) is 0 Å². The molecule has 0 bridgehead atoms. The molecule has 0 aromatic carbocycles. The number of hydrogen-bond donors (Lipinski definition) is 9. The van der Waals surface area contributed by atoms with Crippen LogP contribution in [-0.2, 0) is 25.6 Å². The highest BCUT2D eigenvalue weighted by Crippen LogP contribution is 2.03. The summed E-state index contributed by atoms with van der Waals surface area (Å²) >= 11 is 0. The van der Waals surface area contributed by atoms with Crippen molar-refractivity contribution >= 4 is 23.7 Å². The molecule has 5 unspecified atom stereocenters. The molecule has 3 amide bonds. The highest BCUT2D eigenvalue weighted by Gasteiger charge is 2.32. The maximum atomic E-state index is 12.7. The van der Waals surface area contributed by atoms with Crippen molar-refractivity contribution in [3.05, 3.63) is 18.2 Å². The molecule has 0 fully saturated rings. The zero-order valence-electron chi connectivity index (χ0n) is 16.1. The Morgan fingerprint density at radius 2 is 1.70 bits per heavy atom. The number of carboxylic acid groups (broad SMARTS) is 1. The number of aliphatic hydroxyl groups is 3. The third-order valence-corrected chi connectivity index (χ3v) is 4.01. The van der Waals surface area contributed by atoms with Gasteiger partial charge in [0.25, 0.3) is 0 Å². The molecular formula is C16H26N6O8. The van der Waals surface area contributed by atoms with Crippen molar-refractivity contribution in [2.24, 2.45) is 5.73 Å². The summed E-state index contributed by atoms with van der Waals surface area (Å²) in [7, 11) is 0. The first kappa shape index (κ1) is 25.0. The van der Waals surface area contributed by atoms with Gasteiger partial charge < -0.3 is 47.1 Å². The summed E-state index contributed by atoms with van der Waals surface area (Å²) in [6.45, 7) is -0.386. The number of aromatic nitrogens is 2. The van der Waals surface area contributed by atoms with Crippen LogP contribution in [-0.4, -0.2) is 97.6 Å². The fraction of sp³-hybridized carbons (Fsp3) is 0.562. The van der Waals surface area contributed by atoms with Gasteiger partial charge in [0, 0.05) is 18.3 Å². The van der Waals surface area contributed by atoms with Crippen molar-refractivity contribution in [1.82, 2.24) is 25.9 Å². The molecule has 0 spiro atoms. The second kappa shape index (κ2) is 11.8. The van der Waals surface area contributed by atoms with Crippen LogP contribution in [0.5, 0.6) is 0 Å². The van der Waals surface area contributed by atoms with E-state index in [2.05, 4.69) is 20.6 Å². The molecule has 0 radical (unpaired) electrons. The number of H-pyrrole nitrogens is 1. The minimum atomic E-state index is -1.64. The smallest absolute Gasteiger partial charge is 0.328 e. The predicted molar refractivity (Wildman–Crippen MR) is 99.5 cm³/mol. The van der Waals surface area contributed by atoms with E-state index in [9.17, 15) is 24.3 Å². The monoisotopic (exact) mass is 430 g/mol.